The van der Waals surface area contributed by atoms with Crippen LogP contribution in [0, 0.1) is 6.92 Å². The van der Waals surface area contributed by atoms with Gasteiger partial charge in [0.1, 0.15) is 5.75 Å². The molecule has 7 heteroatoms. The van der Waals surface area contributed by atoms with Crippen molar-refractivity contribution in [2.45, 2.75) is 16.7 Å². The SMILES string of the molecule is Cc1c(-c2cccc(Oc3ccccn3)c2)n[nH]c1-c1ccc2c(c1)-c1ccccc1S2(=O)=O. The Hall–Kier alpha value is -4.23. The van der Waals surface area contributed by atoms with Crippen LogP contribution in [0.1, 0.15) is 5.56 Å². The normalized spacial score (nSPS) is 13.3. The van der Waals surface area contributed by atoms with Crippen molar-refractivity contribution in [3.63, 3.8) is 0 Å². The van der Waals surface area contributed by atoms with Crippen LogP contribution in [0.25, 0.3) is 33.6 Å². The van der Waals surface area contributed by atoms with Gasteiger partial charge in [0.15, 0.2) is 0 Å². The quantitative estimate of drug-likeness (QED) is 0.342. The molecule has 1 N–H and O–H groups in total. The number of hydrogen-bond donors (Lipinski definition) is 1. The van der Waals surface area contributed by atoms with Gasteiger partial charge < -0.3 is 4.74 Å². The molecule has 3 heterocycles. The number of sulfone groups is 1. The minimum absolute atomic E-state index is 0.342. The topological polar surface area (TPSA) is 84.9 Å². The van der Waals surface area contributed by atoms with Crippen molar-refractivity contribution >= 4 is 9.84 Å². The van der Waals surface area contributed by atoms with E-state index >= 15 is 0 Å². The van der Waals surface area contributed by atoms with E-state index in [0.29, 0.717) is 21.4 Å². The fourth-order valence-corrected chi connectivity index (χ4v) is 6.04. The molecule has 0 aliphatic carbocycles. The zero-order valence-corrected chi connectivity index (χ0v) is 19.0. The maximum Gasteiger partial charge on any atom is 0.219 e. The lowest BCUT2D eigenvalue weighted by molar-refractivity contribution is 0.463. The van der Waals surface area contributed by atoms with Crippen LogP contribution in [0.3, 0.4) is 0 Å². The maximum absolute atomic E-state index is 12.9. The van der Waals surface area contributed by atoms with Crippen molar-refractivity contribution in [1.29, 1.82) is 0 Å². The van der Waals surface area contributed by atoms with Crippen LogP contribution in [-0.2, 0) is 9.84 Å². The van der Waals surface area contributed by atoms with Gasteiger partial charge in [0.25, 0.3) is 0 Å². The summed E-state index contributed by atoms with van der Waals surface area (Å²) in [6.07, 6.45) is 1.68. The molecule has 0 saturated carbocycles. The van der Waals surface area contributed by atoms with Crippen LogP contribution in [0.4, 0.5) is 0 Å². The van der Waals surface area contributed by atoms with Gasteiger partial charge in [0.2, 0.25) is 15.7 Å². The number of nitrogens with one attached hydrogen (secondary N) is 1. The second kappa shape index (κ2) is 7.67. The van der Waals surface area contributed by atoms with Gasteiger partial charge >= 0.3 is 0 Å². The summed E-state index contributed by atoms with van der Waals surface area (Å²) in [5.41, 5.74) is 5.84. The lowest BCUT2D eigenvalue weighted by Crippen LogP contribution is -1.96. The molecule has 3 aromatic carbocycles. The van der Waals surface area contributed by atoms with Crippen LogP contribution in [-0.4, -0.2) is 23.6 Å². The average Bonchev–Trinajstić information content (AvgIpc) is 3.35. The van der Waals surface area contributed by atoms with Crippen LogP contribution < -0.4 is 4.74 Å². The molecule has 0 atom stereocenters. The molecule has 0 saturated heterocycles. The second-order valence-corrected chi connectivity index (χ2v) is 9.97. The molecule has 0 bridgehead atoms. The van der Waals surface area contributed by atoms with Gasteiger partial charge in [-0.1, -0.05) is 42.5 Å². The summed E-state index contributed by atoms with van der Waals surface area (Å²) in [6.45, 7) is 2.00. The highest BCUT2D eigenvalue weighted by Gasteiger charge is 2.32. The Kier molecular flexibility index (Phi) is 4.60. The number of rotatable bonds is 4. The minimum Gasteiger partial charge on any atom is -0.439 e. The first-order valence-electron chi connectivity index (χ1n) is 10.8. The Labute approximate surface area is 196 Å². The molecule has 2 aromatic heterocycles. The lowest BCUT2D eigenvalue weighted by Gasteiger charge is -2.07. The highest BCUT2D eigenvalue weighted by Crippen LogP contribution is 2.44. The number of aromatic amines is 1. The average molecular weight is 466 g/mol. The molecular weight excluding hydrogens is 446 g/mol. The smallest absolute Gasteiger partial charge is 0.219 e. The number of ether oxygens (including phenoxy) is 1. The molecule has 5 aromatic rings. The summed E-state index contributed by atoms with van der Waals surface area (Å²) in [6, 6.07) is 25.7. The Balaban J connectivity index is 1.38. The first kappa shape index (κ1) is 20.4. The maximum atomic E-state index is 12.9. The Morgan fingerprint density at radius 3 is 2.47 bits per heavy atom. The lowest BCUT2D eigenvalue weighted by atomic mass is 9.99. The minimum atomic E-state index is -3.49. The van der Waals surface area contributed by atoms with E-state index in [2.05, 4.69) is 15.2 Å². The van der Waals surface area contributed by atoms with Crippen molar-refractivity contribution < 1.29 is 13.2 Å². The number of pyridine rings is 1. The number of nitrogens with zero attached hydrogens (tertiary/aromatic N) is 2. The van der Waals surface area contributed by atoms with Gasteiger partial charge in [-0.15, -0.1) is 0 Å². The number of benzene rings is 3. The van der Waals surface area contributed by atoms with Crippen molar-refractivity contribution in [3.8, 4) is 45.3 Å². The summed E-state index contributed by atoms with van der Waals surface area (Å²) in [4.78, 5) is 4.90. The van der Waals surface area contributed by atoms with Crippen molar-refractivity contribution in [3.05, 3.63) is 96.7 Å². The third kappa shape index (κ3) is 3.21. The van der Waals surface area contributed by atoms with E-state index in [1.807, 2.05) is 67.6 Å². The van der Waals surface area contributed by atoms with Gasteiger partial charge in [0.05, 0.1) is 21.2 Å². The highest BCUT2D eigenvalue weighted by atomic mass is 32.2. The molecule has 1 aliphatic heterocycles. The molecule has 0 fully saturated rings. The fourth-order valence-electron chi connectivity index (χ4n) is 4.37. The predicted molar refractivity (Wildman–Crippen MR) is 129 cm³/mol. The van der Waals surface area contributed by atoms with Gasteiger partial charge in [-0.3, -0.25) is 5.10 Å². The molecule has 6 nitrogen and oxygen atoms in total. The largest absolute Gasteiger partial charge is 0.439 e. The summed E-state index contributed by atoms with van der Waals surface area (Å²) in [5, 5.41) is 7.70. The molecule has 1 aliphatic rings. The molecule has 0 radical (unpaired) electrons. The Morgan fingerprint density at radius 2 is 1.62 bits per heavy atom. The zero-order valence-electron chi connectivity index (χ0n) is 18.2. The van der Waals surface area contributed by atoms with Crippen molar-refractivity contribution in [1.82, 2.24) is 15.2 Å². The van der Waals surface area contributed by atoms with Crippen molar-refractivity contribution in [2.75, 3.05) is 0 Å². The fraction of sp³-hybridized carbons (Fsp3) is 0.0370. The van der Waals surface area contributed by atoms with Crippen molar-refractivity contribution in [2.24, 2.45) is 0 Å². The summed E-state index contributed by atoms with van der Waals surface area (Å²) >= 11 is 0. The Morgan fingerprint density at radius 1 is 0.794 bits per heavy atom. The predicted octanol–water partition coefficient (Wildman–Crippen LogP) is 6.05. The first-order valence-corrected chi connectivity index (χ1v) is 12.2. The van der Waals surface area contributed by atoms with E-state index in [1.165, 1.54) is 0 Å². The second-order valence-electron chi connectivity index (χ2n) is 8.08. The number of hydrogen-bond acceptors (Lipinski definition) is 5. The van der Waals surface area contributed by atoms with Gasteiger partial charge in [-0.2, -0.15) is 5.10 Å². The molecule has 0 spiro atoms. The van der Waals surface area contributed by atoms with E-state index in [1.54, 1.807) is 30.5 Å². The standard InChI is InChI=1S/C27H19N3O3S/c1-17-26(18-7-6-8-20(15-18)33-25-11-4-5-14-28-25)29-30-27(17)19-12-13-24-22(16-19)21-9-2-3-10-23(21)34(24,31)32/h2-16H,1H3,(H,29,30). The zero-order chi connectivity index (χ0) is 23.3. The van der Waals surface area contributed by atoms with Crippen LogP contribution >= 0.6 is 0 Å². The third-order valence-electron chi connectivity index (χ3n) is 6.00. The van der Waals surface area contributed by atoms with E-state index in [-0.39, 0.29) is 0 Å². The van der Waals surface area contributed by atoms with E-state index in [9.17, 15) is 8.42 Å². The third-order valence-corrected chi connectivity index (χ3v) is 7.87. The van der Waals surface area contributed by atoms with Gasteiger partial charge in [-0.25, -0.2) is 13.4 Å². The van der Waals surface area contributed by atoms with Gasteiger partial charge in [0, 0.05) is 40.1 Å². The summed E-state index contributed by atoms with van der Waals surface area (Å²) < 4.78 is 31.7. The van der Waals surface area contributed by atoms with Crippen LogP contribution in [0.15, 0.2) is 101 Å². The molecule has 34 heavy (non-hydrogen) atoms. The molecule has 166 valence electrons. The Bertz CT molecular complexity index is 1660. The van der Waals surface area contributed by atoms with Gasteiger partial charge in [-0.05, 0) is 43.3 Å². The molecule has 6 rings (SSSR count). The number of fused-ring (bicyclic) bond motifs is 3. The molecular formula is C27H19N3O3S. The first-order chi connectivity index (χ1) is 16.5. The number of aromatic nitrogens is 3. The monoisotopic (exact) mass is 465 g/mol. The highest BCUT2D eigenvalue weighted by molar-refractivity contribution is 7.92. The molecule has 0 amide bonds. The van der Waals surface area contributed by atoms with E-state index < -0.39 is 9.84 Å². The van der Waals surface area contributed by atoms with Crippen LogP contribution in [0.5, 0.6) is 11.6 Å². The van der Waals surface area contributed by atoms with E-state index in [0.717, 1.165) is 39.2 Å². The summed E-state index contributed by atoms with van der Waals surface area (Å²) in [7, 11) is -3.49. The van der Waals surface area contributed by atoms with E-state index in [4.69, 9.17) is 4.74 Å². The number of H-pyrrole nitrogens is 1. The summed E-state index contributed by atoms with van der Waals surface area (Å²) in [5.74, 6) is 1.19. The van der Waals surface area contributed by atoms with Crippen LogP contribution in [0.2, 0.25) is 0 Å². The molecule has 0 unspecified atom stereocenters.